The van der Waals surface area contributed by atoms with E-state index in [0.717, 1.165) is 31.5 Å². The van der Waals surface area contributed by atoms with Gasteiger partial charge in [0.15, 0.2) is 0 Å². The fourth-order valence-electron chi connectivity index (χ4n) is 1.85. The fourth-order valence-corrected chi connectivity index (χ4v) is 1.85. The van der Waals surface area contributed by atoms with Gasteiger partial charge >= 0.3 is 0 Å². The Labute approximate surface area is 82.7 Å². The van der Waals surface area contributed by atoms with Crippen LogP contribution in [0.1, 0.15) is 24.6 Å². The van der Waals surface area contributed by atoms with Crippen molar-refractivity contribution in [1.82, 2.24) is 9.88 Å². The highest BCUT2D eigenvalue weighted by Gasteiger charge is 2.25. The zero-order chi connectivity index (χ0) is 9.97. The van der Waals surface area contributed by atoms with Gasteiger partial charge in [-0.15, -0.1) is 0 Å². The van der Waals surface area contributed by atoms with Crippen LogP contribution in [0.2, 0.25) is 0 Å². The second kappa shape index (κ2) is 3.65. The molecule has 1 aliphatic rings. The molecule has 1 saturated heterocycles. The van der Waals surface area contributed by atoms with Crippen LogP contribution in [0.25, 0.3) is 0 Å². The van der Waals surface area contributed by atoms with Crippen LogP contribution in [-0.2, 0) is 4.79 Å². The van der Waals surface area contributed by atoms with E-state index < -0.39 is 0 Å². The van der Waals surface area contributed by atoms with E-state index in [9.17, 15) is 4.79 Å². The highest BCUT2D eigenvalue weighted by Crippen LogP contribution is 2.29. The first-order chi connectivity index (χ1) is 6.81. The van der Waals surface area contributed by atoms with E-state index in [-0.39, 0.29) is 6.04 Å². The van der Waals surface area contributed by atoms with Gasteiger partial charge < -0.3 is 10.6 Å². The molecule has 2 rings (SSSR count). The Balaban J connectivity index is 2.21. The number of hydrogen-bond acceptors (Lipinski definition) is 3. The van der Waals surface area contributed by atoms with Crippen LogP contribution < -0.4 is 5.73 Å². The van der Waals surface area contributed by atoms with Crippen LogP contribution in [0, 0.1) is 0 Å². The smallest absolute Gasteiger partial charge is 0.210 e. The van der Waals surface area contributed by atoms with E-state index in [1.54, 1.807) is 11.1 Å². The van der Waals surface area contributed by atoms with Gasteiger partial charge in [-0.2, -0.15) is 0 Å². The first-order valence-corrected chi connectivity index (χ1v) is 4.74. The largest absolute Gasteiger partial charge is 0.397 e. The molecule has 2 N–H and O–H groups in total. The van der Waals surface area contributed by atoms with E-state index in [2.05, 4.69) is 4.98 Å². The summed E-state index contributed by atoms with van der Waals surface area (Å²) in [4.78, 5) is 16.8. The van der Waals surface area contributed by atoms with Crippen molar-refractivity contribution >= 4 is 12.1 Å². The molecule has 74 valence electrons. The summed E-state index contributed by atoms with van der Waals surface area (Å²) in [7, 11) is 0. The number of nitrogens with two attached hydrogens (primary N) is 1. The van der Waals surface area contributed by atoms with Crippen molar-refractivity contribution in [2.45, 2.75) is 18.9 Å². The number of anilines is 1. The molecule has 1 atom stereocenters. The number of rotatable bonds is 2. The Morgan fingerprint density at radius 1 is 1.57 bits per heavy atom. The molecule has 2 heterocycles. The first kappa shape index (κ1) is 8.99. The van der Waals surface area contributed by atoms with Crippen LogP contribution >= 0.6 is 0 Å². The standard InChI is InChI=1S/C10H13N3O/c11-8-3-4-9(12-6-8)10-2-1-5-13(10)7-14/h3-4,6-7,10H,1-2,5,11H2. The van der Waals surface area contributed by atoms with Crippen molar-refractivity contribution in [2.75, 3.05) is 12.3 Å². The molecule has 1 unspecified atom stereocenters. The van der Waals surface area contributed by atoms with Crippen LogP contribution in [0.3, 0.4) is 0 Å². The molecule has 0 spiro atoms. The SMILES string of the molecule is Nc1ccc(C2CCCN2C=O)nc1. The van der Waals surface area contributed by atoms with Gasteiger partial charge in [-0.3, -0.25) is 9.78 Å². The van der Waals surface area contributed by atoms with Gasteiger partial charge in [0, 0.05) is 6.54 Å². The number of amides is 1. The Hall–Kier alpha value is -1.58. The number of carbonyl (C=O) groups is 1. The lowest BCUT2D eigenvalue weighted by Crippen LogP contribution is -2.21. The maximum atomic E-state index is 10.7. The summed E-state index contributed by atoms with van der Waals surface area (Å²) in [5.74, 6) is 0. The van der Waals surface area contributed by atoms with E-state index in [4.69, 9.17) is 5.73 Å². The van der Waals surface area contributed by atoms with E-state index in [0.29, 0.717) is 5.69 Å². The molecule has 1 amide bonds. The molecule has 1 aromatic rings. The minimum atomic E-state index is 0.146. The quantitative estimate of drug-likeness (QED) is 0.708. The molecule has 0 aliphatic carbocycles. The third-order valence-corrected chi connectivity index (χ3v) is 2.58. The van der Waals surface area contributed by atoms with E-state index in [1.807, 2.05) is 12.1 Å². The molecule has 0 aromatic carbocycles. The molecule has 1 fully saturated rings. The molecule has 1 aromatic heterocycles. The average molecular weight is 191 g/mol. The zero-order valence-electron chi connectivity index (χ0n) is 7.89. The van der Waals surface area contributed by atoms with Gasteiger partial charge in [0.2, 0.25) is 6.41 Å². The lowest BCUT2D eigenvalue weighted by Gasteiger charge is -2.18. The van der Waals surface area contributed by atoms with Crippen molar-refractivity contribution in [2.24, 2.45) is 0 Å². The summed E-state index contributed by atoms with van der Waals surface area (Å²) in [5, 5.41) is 0. The van der Waals surface area contributed by atoms with Gasteiger partial charge in [-0.05, 0) is 25.0 Å². The lowest BCUT2D eigenvalue weighted by atomic mass is 10.1. The fraction of sp³-hybridized carbons (Fsp3) is 0.400. The van der Waals surface area contributed by atoms with Crippen LogP contribution in [0.5, 0.6) is 0 Å². The normalized spacial score (nSPS) is 21.1. The lowest BCUT2D eigenvalue weighted by molar-refractivity contribution is -0.119. The summed E-state index contributed by atoms with van der Waals surface area (Å²) in [5.41, 5.74) is 7.14. The van der Waals surface area contributed by atoms with Gasteiger partial charge in [-0.1, -0.05) is 0 Å². The molecule has 0 radical (unpaired) electrons. The second-order valence-corrected chi connectivity index (χ2v) is 3.52. The molecular weight excluding hydrogens is 178 g/mol. The Kier molecular flexibility index (Phi) is 2.35. The van der Waals surface area contributed by atoms with E-state index in [1.165, 1.54) is 0 Å². The molecule has 0 saturated carbocycles. The number of likely N-dealkylation sites (tertiary alicyclic amines) is 1. The third-order valence-electron chi connectivity index (χ3n) is 2.58. The highest BCUT2D eigenvalue weighted by atomic mass is 16.1. The number of carbonyl (C=O) groups excluding carboxylic acids is 1. The third kappa shape index (κ3) is 1.55. The van der Waals surface area contributed by atoms with Gasteiger partial charge in [0.25, 0.3) is 0 Å². The van der Waals surface area contributed by atoms with Crippen molar-refractivity contribution in [3.8, 4) is 0 Å². The van der Waals surface area contributed by atoms with Crippen LogP contribution in [-0.4, -0.2) is 22.8 Å². The Morgan fingerprint density at radius 3 is 3.07 bits per heavy atom. The molecule has 0 bridgehead atoms. The van der Waals surface area contributed by atoms with Gasteiger partial charge in [-0.25, -0.2) is 0 Å². The number of aromatic nitrogens is 1. The van der Waals surface area contributed by atoms with Crippen LogP contribution in [0.4, 0.5) is 5.69 Å². The van der Waals surface area contributed by atoms with Gasteiger partial charge in [0.1, 0.15) is 0 Å². The average Bonchev–Trinajstić information content (AvgIpc) is 2.67. The highest BCUT2D eigenvalue weighted by molar-refractivity contribution is 5.49. The molecule has 4 nitrogen and oxygen atoms in total. The second-order valence-electron chi connectivity index (χ2n) is 3.52. The van der Waals surface area contributed by atoms with Gasteiger partial charge in [0.05, 0.1) is 23.6 Å². The predicted molar refractivity (Wildman–Crippen MR) is 53.4 cm³/mol. The summed E-state index contributed by atoms with van der Waals surface area (Å²) < 4.78 is 0. The van der Waals surface area contributed by atoms with Crippen LogP contribution in [0.15, 0.2) is 18.3 Å². The summed E-state index contributed by atoms with van der Waals surface area (Å²) in [6.07, 6.45) is 4.58. The monoisotopic (exact) mass is 191 g/mol. The Bertz CT molecular complexity index is 323. The summed E-state index contributed by atoms with van der Waals surface area (Å²) >= 11 is 0. The van der Waals surface area contributed by atoms with Crippen molar-refractivity contribution in [1.29, 1.82) is 0 Å². The number of nitrogen functional groups attached to an aromatic ring is 1. The number of nitrogens with zero attached hydrogens (tertiary/aromatic N) is 2. The zero-order valence-corrected chi connectivity index (χ0v) is 7.89. The van der Waals surface area contributed by atoms with Crippen molar-refractivity contribution in [3.63, 3.8) is 0 Å². The molecule has 14 heavy (non-hydrogen) atoms. The first-order valence-electron chi connectivity index (χ1n) is 4.74. The number of pyridine rings is 1. The maximum absolute atomic E-state index is 10.7. The predicted octanol–water partition coefficient (Wildman–Crippen LogP) is 0.957. The minimum absolute atomic E-state index is 0.146. The molecule has 1 aliphatic heterocycles. The maximum Gasteiger partial charge on any atom is 0.210 e. The van der Waals surface area contributed by atoms with E-state index >= 15 is 0 Å². The minimum Gasteiger partial charge on any atom is -0.397 e. The topological polar surface area (TPSA) is 59.2 Å². The Morgan fingerprint density at radius 2 is 2.43 bits per heavy atom. The summed E-state index contributed by atoms with van der Waals surface area (Å²) in [6.45, 7) is 0.834. The summed E-state index contributed by atoms with van der Waals surface area (Å²) in [6, 6.07) is 3.86. The number of hydrogen-bond donors (Lipinski definition) is 1. The molecular formula is C10H13N3O. The molecule has 4 heteroatoms. The van der Waals surface area contributed by atoms with Crippen molar-refractivity contribution in [3.05, 3.63) is 24.0 Å². The van der Waals surface area contributed by atoms with Crippen molar-refractivity contribution < 1.29 is 4.79 Å².